The van der Waals surface area contributed by atoms with Gasteiger partial charge in [0, 0.05) is 11.1 Å². The second-order valence-electron chi connectivity index (χ2n) is 9.61. The molecule has 0 fully saturated rings. The normalized spacial score (nSPS) is 20.9. The minimum atomic E-state index is -2.11. The molecule has 0 amide bonds. The number of phenols is 1. The van der Waals surface area contributed by atoms with E-state index >= 15 is 0 Å². The highest BCUT2D eigenvalue weighted by Crippen LogP contribution is 2.42. The van der Waals surface area contributed by atoms with E-state index in [1.54, 1.807) is 26.0 Å². The average Bonchev–Trinajstić information content (AvgIpc) is 2.84. The summed E-state index contributed by atoms with van der Waals surface area (Å²) in [6.45, 7) is 8.84. The zero-order valence-electron chi connectivity index (χ0n) is 21.4. The van der Waals surface area contributed by atoms with Crippen LogP contribution in [0.4, 0.5) is 0 Å². The monoisotopic (exact) mass is 512 g/mol. The quantitative estimate of drug-likeness (QED) is 0.177. The third-order valence-electron chi connectivity index (χ3n) is 6.58. The van der Waals surface area contributed by atoms with Crippen LogP contribution in [0.5, 0.6) is 5.75 Å². The third kappa shape index (κ3) is 5.49. The van der Waals surface area contributed by atoms with E-state index in [9.17, 15) is 19.5 Å². The Hall–Kier alpha value is -3.12. The number of hydrogen-bond acceptors (Lipinski definition) is 6. The third-order valence-corrected chi connectivity index (χ3v) is 6.96. The summed E-state index contributed by atoms with van der Waals surface area (Å²) >= 11 is 6.42. The van der Waals surface area contributed by atoms with Crippen LogP contribution in [-0.4, -0.2) is 28.2 Å². The van der Waals surface area contributed by atoms with Crippen LogP contribution >= 0.6 is 11.6 Å². The van der Waals surface area contributed by atoms with E-state index in [0.29, 0.717) is 11.1 Å². The van der Waals surface area contributed by atoms with Crippen molar-refractivity contribution in [3.63, 3.8) is 0 Å². The van der Waals surface area contributed by atoms with Gasteiger partial charge in [0.15, 0.2) is 0 Å². The molecule has 0 unspecified atom stereocenters. The molecule has 0 radical (unpaired) electrons. The molecule has 1 aliphatic carbocycles. The number of hydrogen-bond donors (Lipinski definition) is 1. The van der Waals surface area contributed by atoms with Gasteiger partial charge in [0.25, 0.3) is 0 Å². The molecule has 1 heterocycles. The minimum absolute atomic E-state index is 0.0103. The van der Waals surface area contributed by atoms with Gasteiger partial charge in [0.2, 0.25) is 17.2 Å². The van der Waals surface area contributed by atoms with Crippen LogP contribution < -0.4 is 0 Å². The Balaban J connectivity index is 1.84. The predicted octanol–water partition coefficient (Wildman–Crippen LogP) is 6.46. The topological polar surface area (TPSA) is 89.9 Å². The molecule has 3 rings (SSSR count). The SMILES string of the molecule is CCCCCC[C@H](C)/C=C(\C)C(=O)O[C@@]1(C)C(=O)C2=COC(c3c(C)cccc3O)=CC2=C(Cl)C1=O. The van der Waals surface area contributed by atoms with Gasteiger partial charge >= 0.3 is 5.97 Å². The van der Waals surface area contributed by atoms with E-state index in [1.807, 2.05) is 13.0 Å². The molecule has 0 spiro atoms. The Morgan fingerprint density at radius 2 is 1.94 bits per heavy atom. The number of unbranched alkanes of at least 4 members (excludes halogenated alkanes) is 3. The van der Waals surface area contributed by atoms with Crippen molar-refractivity contribution in [2.75, 3.05) is 0 Å². The van der Waals surface area contributed by atoms with Gasteiger partial charge in [-0.05, 0) is 50.8 Å². The van der Waals surface area contributed by atoms with Crippen molar-refractivity contribution in [2.24, 2.45) is 5.92 Å². The summed E-state index contributed by atoms with van der Waals surface area (Å²) in [7, 11) is 0. The summed E-state index contributed by atoms with van der Waals surface area (Å²) in [6.07, 6.45) is 9.92. The van der Waals surface area contributed by atoms with Crippen molar-refractivity contribution in [1.29, 1.82) is 0 Å². The number of ether oxygens (including phenoxy) is 2. The molecule has 192 valence electrons. The smallest absolute Gasteiger partial charge is 0.334 e. The summed E-state index contributed by atoms with van der Waals surface area (Å²) in [5, 5.41) is 10.1. The van der Waals surface area contributed by atoms with Crippen LogP contribution in [0, 0.1) is 12.8 Å². The summed E-state index contributed by atoms with van der Waals surface area (Å²) in [5.41, 5.74) is -0.424. The lowest BCUT2D eigenvalue weighted by molar-refractivity contribution is -0.165. The first-order valence-electron chi connectivity index (χ1n) is 12.3. The predicted molar refractivity (Wildman–Crippen MR) is 139 cm³/mol. The van der Waals surface area contributed by atoms with Gasteiger partial charge in [-0.15, -0.1) is 0 Å². The minimum Gasteiger partial charge on any atom is -0.507 e. The Bertz CT molecular complexity index is 1180. The van der Waals surface area contributed by atoms with Gasteiger partial charge < -0.3 is 14.6 Å². The molecule has 2 atom stereocenters. The van der Waals surface area contributed by atoms with Crippen LogP contribution in [0.2, 0.25) is 0 Å². The summed E-state index contributed by atoms with van der Waals surface area (Å²) < 4.78 is 11.2. The van der Waals surface area contributed by atoms with E-state index in [4.69, 9.17) is 21.1 Å². The molecular weight excluding hydrogens is 480 g/mol. The second-order valence-corrected chi connectivity index (χ2v) is 9.99. The lowest BCUT2D eigenvalue weighted by Crippen LogP contribution is -2.51. The number of aromatic hydroxyl groups is 1. The Kier molecular flexibility index (Phi) is 8.62. The number of carbonyl (C=O) groups is 3. The van der Waals surface area contributed by atoms with Crippen molar-refractivity contribution in [3.05, 3.63) is 69.5 Å². The van der Waals surface area contributed by atoms with Gasteiger partial charge in [0.1, 0.15) is 17.8 Å². The number of phenolic OH excluding ortho intramolecular Hbond substituents is 1. The molecule has 0 saturated heterocycles. The number of halogens is 1. The maximum Gasteiger partial charge on any atom is 0.334 e. The molecule has 0 aromatic heterocycles. The molecule has 1 N–H and O–H groups in total. The van der Waals surface area contributed by atoms with Gasteiger partial charge in [-0.25, -0.2) is 4.79 Å². The highest BCUT2D eigenvalue weighted by atomic mass is 35.5. The highest BCUT2D eigenvalue weighted by Gasteiger charge is 2.53. The first-order valence-corrected chi connectivity index (χ1v) is 12.7. The number of esters is 1. The Morgan fingerprint density at radius 1 is 1.22 bits per heavy atom. The van der Waals surface area contributed by atoms with Crippen molar-refractivity contribution >= 4 is 34.9 Å². The van der Waals surface area contributed by atoms with Crippen molar-refractivity contribution < 1.29 is 29.0 Å². The lowest BCUT2D eigenvalue weighted by Gasteiger charge is -2.33. The maximum absolute atomic E-state index is 13.4. The number of ketones is 2. The zero-order chi connectivity index (χ0) is 26.6. The van der Waals surface area contributed by atoms with E-state index in [-0.39, 0.29) is 33.6 Å². The van der Waals surface area contributed by atoms with Crippen molar-refractivity contribution in [1.82, 2.24) is 0 Å². The number of allylic oxidation sites excluding steroid dienone is 3. The molecule has 7 heteroatoms. The van der Waals surface area contributed by atoms with E-state index in [1.165, 1.54) is 31.7 Å². The highest BCUT2D eigenvalue weighted by molar-refractivity contribution is 6.49. The number of aryl methyl sites for hydroxylation is 1. The lowest BCUT2D eigenvalue weighted by atomic mass is 9.79. The molecule has 36 heavy (non-hydrogen) atoms. The molecular formula is C29H33ClO6. The van der Waals surface area contributed by atoms with Crippen LogP contribution in [0.3, 0.4) is 0 Å². The van der Waals surface area contributed by atoms with E-state index < -0.39 is 23.1 Å². The fourth-order valence-electron chi connectivity index (χ4n) is 4.41. The van der Waals surface area contributed by atoms with E-state index in [2.05, 4.69) is 6.92 Å². The number of rotatable bonds is 9. The summed E-state index contributed by atoms with van der Waals surface area (Å²) in [6, 6.07) is 5.00. The molecule has 1 aromatic carbocycles. The van der Waals surface area contributed by atoms with Crippen LogP contribution in [0.25, 0.3) is 5.76 Å². The fraction of sp³-hybridized carbons (Fsp3) is 0.414. The molecule has 0 bridgehead atoms. The van der Waals surface area contributed by atoms with Crippen LogP contribution in [0.1, 0.15) is 70.9 Å². The maximum atomic E-state index is 13.4. The number of Topliss-reactive ketones (excluding diaryl/α,β-unsaturated/α-hetero) is 2. The number of benzene rings is 1. The Labute approximate surface area is 217 Å². The van der Waals surface area contributed by atoms with Gasteiger partial charge in [-0.2, -0.15) is 0 Å². The first-order chi connectivity index (χ1) is 17.0. The zero-order valence-corrected chi connectivity index (χ0v) is 22.2. The number of carbonyl (C=O) groups excluding carboxylic acids is 3. The van der Waals surface area contributed by atoms with Crippen molar-refractivity contribution in [3.8, 4) is 5.75 Å². The summed E-state index contributed by atoms with van der Waals surface area (Å²) in [5.74, 6) is -1.87. The second kappa shape index (κ2) is 11.3. The van der Waals surface area contributed by atoms with E-state index in [0.717, 1.165) is 31.2 Å². The number of fused-ring (bicyclic) bond motifs is 1. The van der Waals surface area contributed by atoms with Crippen LogP contribution in [0.15, 0.2) is 58.4 Å². The molecule has 2 aliphatic rings. The first kappa shape index (κ1) is 27.5. The van der Waals surface area contributed by atoms with Crippen molar-refractivity contribution in [2.45, 2.75) is 72.3 Å². The molecule has 1 aliphatic heterocycles. The molecule has 1 aromatic rings. The summed E-state index contributed by atoms with van der Waals surface area (Å²) in [4.78, 5) is 39.4. The van der Waals surface area contributed by atoms with Gasteiger partial charge in [-0.3, -0.25) is 9.59 Å². The van der Waals surface area contributed by atoms with Gasteiger partial charge in [0.05, 0.1) is 16.2 Å². The largest absolute Gasteiger partial charge is 0.507 e. The Morgan fingerprint density at radius 3 is 2.61 bits per heavy atom. The molecule has 0 saturated carbocycles. The fourth-order valence-corrected chi connectivity index (χ4v) is 4.75. The molecule has 6 nitrogen and oxygen atoms in total. The average molecular weight is 513 g/mol. The van der Waals surface area contributed by atoms with Gasteiger partial charge in [-0.1, -0.05) is 69.3 Å². The standard InChI is InChI=1S/C29H33ClO6/c1-6-7-8-9-11-17(2)14-19(4)28(34)36-29(5)26(32)21-16-35-23(15-20(21)25(30)27(29)33)24-18(3)12-10-13-22(24)31/h10,12-17,31H,6-9,11H2,1-5H3/b19-14+/t17-,29-/m0/s1. The van der Waals surface area contributed by atoms with Crippen LogP contribution in [-0.2, 0) is 23.9 Å².